The van der Waals surface area contributed by atoms with E-state index < -0.39 is 5.91 Å². The van der Waals surface area contributed by atoms with E-state index in [0.717, 1.165) is 17.5 Å². The summed E-state index contributed by atoms with van der Waals surface area (Å²) in [7, 11) is 0. The maximum atomic E-state index is 12.6. The van der Waals surface area contributed by atoms with Crippen LogP contribution in [0.3, 0.4) is 0 Å². The molecule has 0 saturated heterocycles. The minimum atomic E-state index is -0.705. The van der Waals surface area contributed by atoms with Crippen LogP contribution in [0.2, 0.25) is 0 Å². The second-order valence-electron chi connectivity index (χ2n) is 5.80. The molecule has 0 spiro atoms. The topological polar surface area (TPSA) is 93.4 Å². The molecule has 2 amide bonds. The van der Waals surface area contributed by atoms with Crippen molar-refractivity contribution in [2.45, 2.75) is 19.8 Å². The Morgan fingerprint density at radius 2 is 1.65 bits per heavy atom. The quantitative estimate of drug-likeness (QED) is 0.592. The third-order valence-electron chi connectivity index (χ3n) is 4.07. The Bertz CT molecular complexity index is 793. The molecule has 2 rings (SSSR count). The molecule has 0 fully saturated rings. The minimum absolute atomic E-state index is 0.103. The minimum Gasteiger partial charge on any atom is -0.328 e. The third-order valence-corrected chi connectivity index (χ3v) is 4.07. The molecule has 6 nitrogen and oxygen atoms in total. The standard InChI is InChI=1S/C20H21N3O3/c1-2-15-4-6-16(7-5-15)17-8-10-18(11-9-17)20(25)23(13-3-12-21)14-19(24)22-26/h4-11,26H,2-3,13-14H2,1H3,(H,22,24). The molecule has 2 aromatic carbocycles. The van der Waals surface area contributed by atoms with E-state index in [1.165, 1.54) is 15.9 Å². The summed E-state index contributed by atoms with van der Waals surface area (Å²) < 4.78 is 0. The van der Waals surface area contributed by atoms with E-state index in [4.69, 9.17) is 10.5 Å². The van der Waals surface area contributed by atoms with Crippen molar-refractivity contribution in [1.29, 1.82) is 5.26 Å². The molecule has 0 aliphatic rings. The van der Waals surface area contributed by atoms with Crippen LogP contribution in [0.4, 0.5) is 0 Å². The monoisotopic (exact) mass is 351 g/mol. The normalized spacial score (nSPS) is 10.0. The highest BCUT2D eigenvalue weighted by molar-refractivity contribution is 5.96. The smallest absolute Gasteiger partial charge is 0.262 e. The van der Waals surface area contributed by atoms with Crippen molar-refractivity contribution in [3.05, 3.63) is 59.7 Å². The van der Waals surface area contributed by atoms with E-state index in [-0.39, 0.29) is 25.4 Å². The largest absolute Gasteiger partial charge is 0.328 e. The van der Waals surface area contributed by atoms with Crippen molar-refractivity contribution in [3.63, 3.8) is 0 Å². The number of hydroxylamine groups is 1. The van der Waals surface area contributed by atoms with Gasteiger partial charge in [0.25, 0.3) is 11.8 Å². The molecule has 26 heavy (non-hydrogen) atoms. The lowest BCUT2D eigenvalue weighted by Gasteiger charge is -2.20. The molecule has 0 aromatic heterocycles. The molecule has 2 aromatic rings. The van der Waals surface area contributed by atoms with Crippen LogP contribution in [0.25, 0.3) is 11.1 Å². The van der Waals surface area contributed by atoms with Crippen molar-refractivity contribution in [2.75, 3.05) is 13.1 Å². The number of nitriles is 1. The van der Waals surface area contributed by atoms with Crippen molar-refractivity contribution in [3.8, 4) is 17.2 Å². The first-order valence-electron chi connectivity index (χ1n) is 8.37. The van der Waals surface area contributed by atoms with Crippen LogP contribution in [-0.2, 0) is 11.2 Å². The SMILES string of the molecule is CCc1ccc(-c2ccc(C(=O)N(CCC#N)CC(=O)NO)cc2)cc1. The molecule has 0 saturated carbocycles. The number of hydrogen-bond donors (Lipinski definition) is 2. The van der Waals surface area contributed by atoms with Gasteiger partial charge in [0.2, 0.25) is 0 Å². The fraction of sp³-hybridized carbons (Fsp3) is 0.250. The molecular formula is C20H21N3O3. The highest BCUT2D eigenvalue weighted by atomic mass is 16.5. The van der Waals surface area contributed by atoms with E-state index >= 15 is 0 Å². The zero-order chi connectivity index (χ0) is 18.9. The maximum absolute atomic E-state index is 12.6. The van der Waals surface area contributed by atoms with Crippen LogP contribution < -0.4 is 5.48 Å². The number of benzene rings is 2. The van der Waals surface area contributed by atoms with Crippen molar-refractivity contribution in [2.24, 2.45) is 0 Å². The Balaban J connectivity index is 2.16. The molecule has 0 aliphatic heterocycles. The van der Waals surface area contributed by atoms with Crippen LogP contribution in [0.5, 0.6) is 0 Å². The number of aryl methyl sites for hydroxylation is 1. The van der Waals surface area contributed by atoms with Crippen molar-refractivity contribution in [1.82, 2.24) is 10.4 Å². The van der Waals surface area contributed by atoms with Crippen molar-refractivity contribution < 1.29 is 14.8 Å². The van der Waals surface area contributed by atoms with Gasteiger partial charge in [-0.25, -0.2) is 5.48 Å². The molecule has 0 radical (unpaired) electrons. The maximum Gasteiger partial charge on any atom is 0.262 e. The van der Waals surface area contributed by atoms with Gasteiger partial charge in [-0.05, 0) is 35.2 Å². The molecule has 0 heterocycles. The number of hydrogen-bond acceptors (Lipinski definition) is 4. The second-order valence-corrected chi connectivity index (χ2v) is 5.80. The Labute approximate surface area is 152 Å². The predicted octanol–water partition coefficient (Wildman–Crippen LogP) is 2.78. The van der Waals surface area contributed by atoms with E-state index in [1.807, 2.05) is 30.3 Å². The predicted molar refractivity (Wildman–Crippen MR) is 97.3 cm³/mol. The average molecular weight is 351 g/mol. The van der Waals surface area contributed by atoms with E-state index in [2.05, 4.69) is 19.1 Å². The molecule has 0 aliphatic carbocycles. The fourth-order valence-corrected chi connectivity index (χ4v) is 2.57. The van der Waals surface area contributed by atoms with Gasteiger partial charge in [0, 0.05) is 12.1 Å². The second kappa shape index (κ2) is 9.35. The number of nitrogens with one attached hydrogen (secondary N) is 1. The van der Waals surface area contributed by atoms with Gasteiger partial charge in [0.1, 0.15) is 6.54 Å². The average Bonchev–Trinajstić information content (AvgIpc) is 2.70. The molecule has 134 valence electrons. The van der Waals surface area contributed by atoms with Crippen LogP contribution in [0.15, 0.2) is 48.5 Å². The highest BCUT2D eigenvalue weighted by Gasteiger charge is 2.18. The van der Waals surface area contributed by atoms with Crippen LogP contribution in [0.1, 0.15) is 29.3 Å². The summed E-state index contributed by atoms with van der Waals surface area (Å²) in [5.41, 5.74) is 5.23. The van der Waals surface area contributed by atoms with Crippen molar-refractivity contribution >= 4 is 11.8 Å². The third kappa shape index (κ3) is 4.91. The summed E-state index contributed by atoms with van der Waals surface area (Å²) in [6, 6.07) is 17.3. The lowest BCUT2D eigenvalue weighted by atomic mass is 10.0. The highest BCUT2D eigenvalue weighted by Crippen LogP contribution is 2.21. The first-order valence-corrected chi connectivity index (χ1v) is 8.37. The molecule has 0 atom stereocenters. The summed E-state index contributed by atoms with van der Waals surface area (Å²) in [5.74, 6) is -1.07. The lowest BCUT2D eigenvalue weighted by Crippen LogP contribution is -2.40. The summed E-state index contributed by atoms with van der Waals surface area (Å²) in [6.07, 6.45) is 1.08. The first kappa shape index (κ1) is 19.2. The summed E-state index contributed by atoms with van der Waals surface area (Å²) >= 11 is 0. The van der Waals surface area contributed by atoms with Crippen LogP contribution in [-0.4, -0.2) is 35.0 Å². The number of rotatable bonds is 7. The van der Waals surface area contributed by atoms with E-state index in [1.54, 1.807) is 12.1 Å². The molecule has 0 bridgehead atoms. The first-order chi connectivity index (χ1) is 12.6. The van der Waals surface area contributed by atoms with Gasteiger partial charge in [-0.2, -0.15) is 5.26 Å². The van der Waals surface area contributed by atoms with Crippen LogP contribution >= 0.6 is 0 Å². The number of carbonyl (C=O) groups excluding carboxylic acids is 2. The summed E-state index contributed by atoms with van der Waals surface area (Å²) in [4.78, 5) is 25.2. The van der Waals surface area contributed by atoms with E-state index in [9.17, 15) is 9.59 Å². The number of amides is 2. The molecule has 2 N–H and O–H groups in total. The molecular weight excluding hydrogens is 330 g/mol. The lowest BCUT2D eigenvalue weighted by molar-refractivity contribution is -0.129. The Hall–Kier alpha value is -3.17. The van der Waals surface area contributed by atoms with E-state index in [0.29, 0.717) is 5.56 Å². The Morgan fingerprint density at radius 3 is 2.15 bits per heavy atom. The molecule has 6 heteroatoms. The van der Waals surface area contributed by atoms with Gasteiger partial charge in [-0.1, -0.05) is 43.3 Å². The summed E-state index contributed by atoms with van der Waals surface area (Å²) in [5, 5.41) is 17.4. The summed E-state index contributed by atoms with van der Waals surface area (Å²) in [6.45, 7) is 1.91. The number of carbonyl (C=O) groups is 2. The molecule has 0 unspecified atom stereocenters. The van der Waals surface area contributed by atoms with Gasteiger partial charge in [-0.15, -0.1) is 0 Å². The zero-order valence-corrected chi connectivity index (χ0v) is 14.6. The van der Waals surface area contributed by atoms with Gasteiger partial charge in [-0.3, -0.25) is 14.8 Å². The fourth-order valence-electron chi connectivity index (χ4n) is 2.57. The van der Waals surface area contributed by atoms with Crippen LogP contribution in [0, 0.1) is 11.3 Å². The van der Waals surface area contributed by atoms with Gasteiger partial charge < -0.3 is 4.90 Å². The van der Waals surface area contributed by atoms with Gasteiger partial charge in [0.05, 0.1) is 12.5 Å². The Kier molecular flexibility index (Phi) is 6.89. The van der Waals surface area contributed by atoms with Gasteiger partial charge >= 0.3 is 0 Å². The zero-order valence-electron chi connectivity index (χ0n) is 14.6. The number of nitrogens with zero attached hydrogens (tertiary/aromatic N) is 2. The van der Waals surface area contributed by atoms with Gasteiger partial charge in [0.15, 0.2) is 0 Å². The Morgan fingerprint density at radius 1 is 1.08 bits per heavy atom.